The summed E-state index contributed by atoms with van der Waals surface area (Å²) in [6, 6.07) is 10.4. The molecule has 112 valence electrons. The lowest BCUT2D eigenvalue weighted by Crippen LogP contribution is -2.35. The van der Waals surface area contributed by atoms with Crippen molar-refractivity contribution < 1.29 is 4.79 Å². The lowest BCUT2D eigenvalue weighted by molar-refractivity contribution is -0.131. The van der Waals surface area contributed by atoms with Crippen molar-refractivity contribution in [2.75, 3.05) is 0 Å². The quantitative estimate of drug-likeness (QED) is 0.744. The summed E-state index contributed by atoms with van der Waals surface area (Å²) in [7, 11) is 0. The van der Waals surface area contributed by atoms with E-state index in [1.165, 1.54) is 11.1 Å². The van der Waals surface area contributed by atoms with Gasteiger partial charge in [0, 0.05) is 12.1 Å². The standard InChI is InChI=1S/C19H25NO/c1-4-10-16(5-2)18-13-9-14-19(21)20(18)15(3)17-11-7-6-8-12-17/h6-8,10-13,15H,4-5,9,14H2,1-3H3/b16-10-/t15-/m1/s1. The van der Waals surface area contributed by atoms with E-state index in [0.717, 1.165) is 25.0 Å². The van der Waals surface area contributed by atoms with Gasteiger partial charge in [-0.15, -0.1) is 0 Å². The third-order valence-corrected chi connectivity index (χ3v) is 4.05. The third-order valence-electron chi connectivity index (χ3n) is 4.05. The second-order valence-electron chi connectivity index (χ2n) is 5.47. The Morgan fingerprint density at radius 1 is 1.29 bits per heavy atom. The van der Waals surface area contributed by atoms with E-state index in [2.05, 4.69) is 45.1 Å². The van der Waals surface area contributed by atoms with Gasteiger partial charge < -0.3 is 4.90 Å². The summed E-state index contributed by atoms with van der Waals surface area (Å²) in [5.41, 5.74) is 3.59. The molecule has 1 heterocycles. The predicted octanol–water partition coefficient (Wildman–Crippen LogP) is 5.00. The molecule has 1 aliphatic rings. The molecular formula is C19H25NO. The molecule has 0 fully saturated rings. The average Bonchev–Trinajstić information content (AvgIpc) is 2.52. The maximum Gasteiger partial charge on any atom is 0.227 e. The van der Waals surface area contributed by atoms with Crippen molar-refractivity contribution in [2.45, 2.75) is 52.5 Å². The molecule has 2 nitrogen and oxygen atoms in total. The van der Waals surface area contributed by atoms with Crippen LogP contribution in [-0.4, -0.2) is 10.8 Å². The van der Waals surface area contributed by atoms with Crippen molar-refractivity contribution in [3.63, 3.8) is 0 Å². The number of rotatable bonds is 5. The molecule has 2 rings (SSSR count). The van der Waals surface area contributed by atoms with Crippen LogP contribution in [0.4, 0.5) is 0 Å². The molecular weight excluding hydrogens is 258 g/mol. The van der Waals surface area contributed by atoms with Crippen LogP contribution in [0, 0.1) is 0 Å². The van der Waals surface area contributed by atoms with Gasteiger partial charge in [-0.2, -0.15) is 0 Å². The van der Waals surface area contributed by atoms with Crippen LogP contribution in [0.15, 0.2) is 53.8 Å². The van der Waals surface area contributed by atoms with Crippen molar-refractivity contribution in [3.8, 4) is 0 Å². The molecule has 2 heteroatoms. The summed E-state index contributed by atoms with van der Waals surface area (Å²) in [5.74, 6) is 0.235. The van der Waals surface area contributed by atoms with E-state index >= 15 is 0 Å². The summed E-state index contributed by atoms with van der Waals surface area (Å²) in [5, 5.41) is 0. The minimum Gasteiger partial charge on any atom is -0.305 e. The molecule has 21 heavy (non-hydrogen) atoms. The first-order chi connectivity index (χ1) is 10.2. The zero-order valence-corrected chi connectivity index (χ0v) is 13.3. The molecule has 0 spiro atoms. The number of nitrogens with zero attached hydrogens (tertiary/aromatic N) is 1. The minimum atomic E-state index is 0.0806. The fourth-order valence-corrected chi connectivity index (χ4v) is 2.95. The Balaban J connectivity index is 2.37. The molecule has 0 aliphatic carbocycles. The first kappa shape index (κ1) is 15.6. The van der Waals surface area contributed by atoms with Gasteiger partial charge in [-0.05, 0) is 37.3 Å². The highest BCUT2D eigenvalue weighted by molar-refractivity contribution is 5.81. The summed E-state index contributed by atoms with van der Waals surface area (Å²) in [6.07, 6.45) is 7.91. The number of amides is 1. The van der Waals surface area contributed by atoms with E-state index < -0.39 is 0 Å². The van der Waals surface area contributed by atoms with Gasteiger partial charge >= 0.3 is 0 Å². The predicted molar refractivity (Wildman–Crippen MR) is 87.7 cm³/mol. The molecule has 0 aromatic heterocycles. The average molecular weight is 283 g/mol. The van der Waals surface area contributed by atoms with Crippen LogP contribution in [0.25, 0.3) is 0 Å². The van der Waals surface area contributed by atoms with Crippen LogP contribution < -0.4 is 0 Å². The summed E-state index contributed by atoms with van der Waals surface area (Å²) >= 11 is 0. The zero-order chi connectivity index (χ0) is 15.2. The first-order valence-corrected chi connectivity index (χ1v) is 7.95. The number of hydrogen-bond donors (Lipinski definition) is 0. The Bertz CT molecular complexity index is 542. The van der Waals surface area contributed by atoms with Crippen molar-refractivity contribution in [1.29, 1.82) is 0 Å². The van der Waals surface area contributed by atoms with E-state index in [1.54, 1.807) is 0 Å². The fraction of sp³-hybridized carbons (Fsp3) is 0.421. The molecule has 0 radical (unpaired) electrons. The molecule has 0 saturated heterocycles. The number of hydrogen-bond acceptors (Lipinski definition) is 1. The van der Waals surface area contributed by atoms with Gasteiger partial charge in [0.25, 0.3) is 0 Å². The van der Waals surface area contributed by atoms with Gasteiger partial charge in [0.15, 0.2) is 0 Å². The maximum absolute atomic E-state index is 12.5. The Morgan fingerprint density at radius 3 is 2.62 bits per heavy atom. The second-order valence-corrected chi connectivity index (χ2v) is 5.47. The van der Waals surface area contributed by atoms with Gasteiger partial charge in [-0.1, -0.05) is 56.3 Å². The summed E-state index contributed by atoms with van der Waals surface area (Å²) in [6.45, 7) is 6.42. The van der Waals surface area contributed by atoms with Crippen LogP contribution >= 0.6 is 0 Å². The van der Waals surface area contributed by atoms with Crippen LogP contribution in [0.3, 0.4) is 0 Å². The fourth-order valence-electron chi connectivity index (χ4n) is 2.95. The molecule has 1 aliphatic heterocycles. The highest BCUT2D eigenvalue weighted by atomic mass is 16.2. The summed E-state index contributed by atoms with van der Waals surface area (Å²) < 4.78 is 0. The van der Waals surface area contributed by atoms with Gasteiger partial charge in [0.05, 0.1) is 6.04 Å². The molecule has 0 unspecified atom stereocenters. The number of carbonyl (C=O) groups is 1. The Morgan fingerprint density at radius 2 is 2.00 bits per heavy atom. The Hall–Kier alpha value is -1.83. The molecule has 1 aromatic rings. The van der Waals surface area contributed by atoms with Crippen molar-refractivity contribution in [2.24, 2.45) is 0 Å². The topological polar surface area (TPSA) is 20.3 Å². The van der Waals surface area contributed by atoms with E-state index in [1.807, 2.05) is 23.1 Å². The van der Waals surface area contributed by atoms with Gasteiger partial charge in [0.2, 0.25) is 5.91 Å². The van der Waals surface area contributed by atoms with Crippen molar-refractivity contribution in [1.82, 2.24) is 4.90 Å². The molecule has 0 bridgehead atoms. The Kier molecular flexibility index (Phi) is 5.38. The van der Waals surface area contributed by atoms with Gasteiger partial charge in [0.1, 0.15) is 0 Å². The zero-order valence-electron chi connectivity index (χ0n) is 13.3. The monoisotopic (exact) mass is 283 g/mol. The largest absolute Gasteiger partial charge is 0.305 e. The lowest BCUT2D eigenvalue weighted by Gasteiger charge is -2.35. The molecule has 0 saturated carbocycles. The normalized spacial score (nSPS) is 17.7. The highest BCUT2D eigenvalue weighted by Gasteiger charge is 2.28. The summed E-state index contributed by atoms with van der Waals surface area (Å²) in [4.78, 5) is 14.5. The lowest BCUT2D eigenvalue weighted by atomic mass is 9.97. The van der Waals surface area contributed by atoms with Crippen LogP contribution in [0.5, 0.6) is 0 Å². The third kappa shape index (κ3) is 3.44. The molecule has 1 amide bonds. The van der Waals surface area contributed by atoms with Crippen molar-refractivity contribution >= 4 is 5.91 Å². The van der Waals surface area contributed by atoms with Gasteiger partial charge in [-0.25, -0.2) is 0 Å². The number of carbonyl (C=O) groups excluding carboxylic acids is 1. The van der Waals surface area contributed by atoms with Crippen molar-refractivity contribution in [3.05, 3.63) is 59.3 Å². The van der Waals surface area contributed by atoms with Crippen LogP contribution in [0.2, 0.25) is 0 Å². The SMILES string of the molecule is CC/C=C(/CC)C1=CCCC(=O)N1[C@H](C)c1ccccc1. The first-order valence-electron chi connectivity index (χ1n) is 7.95. The van der Waals surface area contributed by atoms with E-state index in [0.29, 0.717) is 6.42 Å². The molecule has 0 N–H and O–H groups in total. The van der Waals surface area contributed by atoms with E-state index in [9.17, 15) is 4.79 Å². The van der Waals surface area contributed by atoms with Gasteiger partial charge in [-0.3, -0.25) is 4.79 Å². The van der Waals surface area contributed by atoms with Crippen LogP contribution in [0.1, 0.15) is 58.1 Å². The Labute approximate surface area is 128 Å². The maximum atomic E-state index is 12.5. The smallest absolute Gasteiger partial charge is 0.227 e. The van der Waals surface area contributed by atoms with E-state index in [4.69, 9.17) is 0 Å². The second kappa shape index (κ2) is 7.26. The number of benzene rings is 1. The van der Waals surface area contributed by atoms with Crippen LogP contribution in [-0.2, 0) is 4.79 Å². The minimum absolute atomic E-state index is 0.0806. The highest BCUT2D eigenvalue weighted by Crippen LogP contribution is 2.33. The molecule has 1 aromatic carbocycles. The van der Waals surface area contributed by atoms with E-state index in [-0.39, 0.29) is 11.9 Å². The number of allylic oxidation sites excluding steroid dienone is 3. The molecule has 1 atom stereocenters.